The van der Waals surface area contributed by atoms with E-state index >= 15 is 0 Å². The number of hydrogen-bond donors (Lipinski definition) is 1. The zero-order valence-corrected chi connectivity index (χ0v) is 13.2. The van der Waals surface area contributed by atoms with Gasteiger partial charge in [0.1, 0.15) is 0 Å². The van der Waals surface area contributed by atoms with Crippen molar-refractivity contribution in [2.45, 2.75) is 12.6 Å². The number of nitrogens with zero attached hydrogens (tertiary/aromatic N) is 2. The van der Waals surface area contributed by atoms with Gasteiger partial charge in [-0.15, -0.1) is 0 Å². The molecule has 2 aromatic rings. The number of hydrogen-bond acceptors (Lipinski definition) is 4. The lowest BCUT2D eigenvalue weighted by Crippen LogP contribution is -2.44. The minimum atomic E-state index is 0.168. The van der Waals surface area contributed by atoms with Gasteiger partial charge in [0, 0.05) is 38.6 Å². The van der Waals surface area contributed by atoms with E-state index in [1.165, 1.54) is 5.56 Å². The maximum atomic E-state index is 6.10. The molecule has 0 radical (unpaired) electrons. The summed E-state index contributed by atoms with van der Waals surface area (Å²) < 4.78 is 5.84. The first-order chi connectivity index (χ1) is 10.8. The first-order valence-electron chi connectivity index (χ1n) is 7.52. The van der Waals surface area contributed by atoms with Crippen molar-refractivity contribution in [1.82, 2.24) is 9.88 Å². The summed E-state index contributed by atoms with van der Waals surface area (Å²) in [6.07, 6.45) is 3.55. The van der Waals surface area contributed by atoms with Crippen molar-refractivity contribution in [2.75, 3.05) is 31.6 Å². The van der Waals surface area contributed by atoms with Crippen LogP contribution in [0, 0.1) is 0 Å². The molecule has 0 saturated carbocycles. The normalized spacial score (nSPS) is 19.0. The molecule has 1 N–H and O–H groups in total. The number of anilines is 1. The zero-order valence-electron chi connectivity index (χ0n) is 12.4. The van der Waals surface area contributed by atoms with Crippen molar-refractivity contribution >= 4 is 17.3 Å². The average molecular weight is 318 g/mol. The third kappa shape index (κ3) is 4.19. The fourth-order valence-corrected chi connectivity index (χ4v) is 2.82. The minimum Gasteiger partial charge on any atom is -0.381 e. The van der Waals surface area contributed by atoms with Crippen LogP contribution >= 0.6 is 11.6 Å². The molecule has 1 unspecified atom stereocenters. The molecule has 1 aromatic heterocycles. The summed E-state index contributed by atoms with van der Waals surface area (Å²) in [5.74, 6) is 0. The fraction of sp³-hybridized carbons (Fsp3) is 0.353. The molecule has 1 atom stereocenters. The van der Waals surface area contributed by atoms with Gasteiger partial charge in [0.25, 0.3) is 0 Å². The molecule has 22 heavy (non-hydrogen) atoms. The summed E-state index contributed by atoms with van der Waals surface area (Å²) in [5.41, 5.74) is 2.24. The Morgan fingerprint density at radius 2 is 2.14 bits per heavy atom. The lowest BCUT2D eigenvalue weighted by Gasteiger charge is -2.33. The van der Waals surface area contributed by atoms with Crippen LogP contribution in [0.15, 0.2) is 48.8 Å². The highest BCUT2D eigenvalue weighted by Gasteiger charge is 2.20. The summed E-state index contributed by atoms with van der Waals surface area (Å²) in [6.45, 7) is 4.38. The topological polar surface area (TPSA) is 37.4 Å². The van der Waals surface area contributed by atoms with Crippen LogP contribution in [0.25, 0.3) is 0 Å². The Morgan fingerprint density at radius 3 is 2.95 bits per heavy atom. The molecule has 0 spiro atoms. The van der Waals surface area contributed by atoms with E-state index in [1.807, 2.05) is 12.1 Å². The second-order valence-electron chi connectivity index (χ2n) is 5.45. The number of benzene rings is 1. The van der Waals surface area contributed by atoms with Crippen LogP contribution in [0.2, 0.25) is 5.02 Å². The number of pyridine rings is 1. The third-order valence-corrected chi connectivity index (χ3v) is 4.07. The first-order valence-corrected chi connectivity index (χ1v) is 7.90. The summed E-state index contributed by atoms with van der Waals surface area (Å²) in [7, 11) is 0. The Labute approximate surface area is 136 Å². The van der Waals surface area contributed by atoms with Crippen molar-refractivity contribution in [3.05, 3.63) is 59.4 Å². The molecular weight excluding hydrogens is 298 g/mol. The van der Waals surface area contributed by atoms with Gasteiger partial charge in [-0.25, -0.2) is 0 Å². The van der Waals surface area contributed by atoms with Crippen LogP contribution in [0.3, 0.4) is 0 Å². The molecule has 1 aromatic carbocycles. The van der Waals surface area contributed by atoms with Gasteiger partial charge in [0.2, 0.25) is 0 Å². The molecule has 116 valence electrons. The van der Waals surface area contributed by atoms with Gasteiger partial charge in [-0.1, -0.05) is 41.9 Å². The van der Waals surface area contributed by atoms with Crippen LogP contribution in [-0.2, 0) is 11.3 Å². The predicted molar refractivity (Wildman–Crippen MR) is 89.2 cm³/mol. The highest BCUT2D eigenvalue weighted by Crippen LogP contribution is 2.19. The van der Waals surface area contributed by atoms with E-state index in [-0.39, 0.29) is 6.10 Å². The summed E-state index contributed by atoms with van der Waals surface area (Å²) in [5, 5.41) is 3.98. The van der Waals surface area contributed by atoms with Crippen molar-refractivity contribution in [1.29, 1.82) is 0 Å². The lowest BCUT2D eigenvalue weighted by molar-refractivity contribution is -0.0240. The standard InChI is InChI=1S/C17H20ClN3O/c18-16-11-19-7-6-17(16)20-10-15-13-21(8-9-22-15)12-14-4-2-1-3-5-14/h1-7,11,15H,8-10,12-13H2,(H,19,20). The largest absolute Gasteiger partial charge is 0.381 e. The maximum Gasteiger partial charge on any atom is 0.0874 e. The van der Waals surface area contributed by atoms with E-state index in [4.69, 9.17) is 16.3 Å². The molecule has 3 rings (SSSR count). The lowest BCUT2D eigenvalue weighted by atomic mass is 10.2. The number of morpholine rings is 1. The SMILES string of the molecule is Clc1cnccc1NCC1CN(Cc2ccccc2)CCO1. The van der Waals surface area contributed by atoms with E-state index < -0.39 is 0 Å². The van der Waals surface area contributed by atoms with E-state index in [1.54, 1.807) is 12.4 Å². The van der Waals surface area contributed by atoms with Crippen molar-refractivity contribution in [3.63, 3.8) is 0 Å². The smallest absolute Gasteiger partial charge is 0.0874 e. The van der Waals surface area contributed by atoms with Gasteiger partial charge >= 0.3 is 0 Å². The van der Waals surface area contributed by atoms with E-state index in [0.717, 1.165) is 38.5 Å². The van der Waals surface area contributed by atoms with Gasteiger partial charge in [0.05, 0.1) is 23.4 Å². The number of aromatic nitrogens is 1. The molecule has 1 aliphatic rings. The molecular formula is C17H20ClN3O. The van der Waals surface area contributed by atoms with Gasteiger partial charge in [-0.2, -0.15) is 0 Å². The van der Waals surface area contributed by atoms with Crippen molar-refractivity contribution in [3.8, 4) is 0 Å². The number of rotatable bonds is 5. The highest BCUT2D eigenvalue weighted by molar-refractivity contribution is 6.33. The fourth-order valence-electron chi connectivity index (χ4n) is 2.63. The molecule has 0 bridgehead atoms. The summed E-state index contributed by atoms with van der Waals surface area (Å²) in [6, 6.07) is 12.4. The molecule has 0 amide bonds. The van der Waals surface area contributed by atoms with E-state index in [0.29, 0.717) is 5.02 Å². The number of halogens is 1. The highest BCUT2D eigenvalue weighted by atomic mass is 35.5. The predicted octanol–water partition coefficient (Wildman–Crippen LogP) is 3.05. The van der Waals surface area contributed by atoms with E-state index in [2.05, 4.69) is 39.5 Å². The molecule has 4 nitrogen and oxygen atoms in total. The van der Waals surface area contributed by atoms with Crippen molar-refractivity contribution < 1.29 is 4.74 Å². The monoisotopic (exact) mass is 317 g/mol. The van der Waals surface area contributed by atoms with Gasteiger partial charge in [-0.3, -0.25) is 9.88 Å². The summed E-state index contributed by atoms with van der Waals surface area (Å²) in [4.78, 5) is 6.42. The number of nitrogens with one attached hydrogen (secondary N) is 1. The number of ether oxygens (including phenoxy) is 1. The van der Waals surface area contributed by atoms with Crippen LogP contribution in [0.4, 0.5) is 5.69 Å². The maximum absolute atomic E-state index is 6.10. The Morgan fingerprint density at radius 1 is 1.27 bits per heavy atom. The van der Waals surface area contributed by atoms with Gasteiger partial charge < -0.3 is 10.1 Å². The minimum absolute atomic E-state index is 0.168. The molecule has 0 aliphatic carbocycles. The summed E-state index contributed by atoms with van der Waals surface area (Å²) >= 11 is 6.10. The quantitative estimate of drug-likeness (QED) is 0.919. The zero-order chi connectivity index (χ0) is 15.2. The Bertz CT molecular complexity index is 593. The first kappa shape index (κ1) is 15.3. The molecule has 5 heteroatoms. The van der Waals surface area contributed by atoms with Crippen LogP contribution < -0.4 is 5.32 Å². The Balaban J connectivity index is 1.51. The van der Waals surface area contributed by atoms with E-state index in [9.17, 15) is 0 Å². The molecule has 1 aliphatic heterocycles. The molecule has 1 fully saturated rings. The third-order valence-electron chi connectivity index (χ3n) is 3.76. The van der Waals surface area contributed by atoms with Crippen LogP contribution in [0.1, 0.15) is 5.56 Å². The van der Waals surface area contributed by atoms with Crippen LogP contribution in [0.5, 0.6) is 0 Å². The van der Waals surface area contributed by atoms with Crippen LogP contribution in [-0.4, -0.2) is 42.2 Å². The Hall–Kier alpha value is -1.62. The van der Waals surface area contributed by atoms with Gasteiger partial charge in [0.15, 0.2) is 0 Å². The molecule has 2 heterocycles. The Kier molecular flexibility index (Phi) is 5.27. The van der Waals surface area contributed by atoms with Gasteiger partial charge in [-0.05, 0) is 11.6 Å². The van der Waals surface area contributed by atoms with Crippen molar-refractivity contribution in [2.24, 2.45) is 0 Å². The molecule has 1 saturated heterocycles. The second kappa shape index (κ2) is 7.58. The average Bonchev–Trinajstić information content (AvgIpc) is 2.55. The second-order valence-corrected chi connectivity index (χ2v) is 5.86.